The molecule has 0 aliphatic heterocycles. The predicted octanol–water partition coefficient (Wildman–Crippen LogP) is 5.31. The van der Waals surface area contributed by atoms with Crippen molar-refractivity contribution in [3.05, 3.63) is 15.8 Å². The van der Waals surface area contributed by atoms with Crippen LogP contribution in [-0.4, -0.2) is 45.9 Å². The summed E-state index contributed by atoms with van der Waals surface area (Å²) < 4.78 is 0. The summed E-state index contributed by atoms with van der Waals surface area (Å²) in [6.45, 7) is 10.2. The molecule has 2 aliphatic rings. The average molecular weight is 492 g/mol. The van der Waals surface area contributed by atoms with Crippen LogP contribution in [0.15, 0.2) is 6.07 Å². The van der Waals surface area contributed by atoms with Crippen LogP contribution in [0, 0.1) is 29.1 Å². The van der Waals surface area contributed by atoms with Crippen molar-refractivity contribution >= 4 is 28.9 Å². The number of carboxylic acid groups (broad SMARTS) is 1. The number of rotatable bonds is 4. The zero-order chi connectivity index (χ0) is 25.5. The van der Waals surface area contributed by atoms with Gasteiger partial charge in [0.05, 0.1) is 16.7 Å². The Labute approximate surface area is 208 Å². The molecule has 0 saturated heterocycles. The van der Waals surface area contributed by atoms with Gasteiger partial charge in [-0.2, -0.15) is 0 Å². The van der Waals surface area contributed by atoms with Gasteiger partial charge < -0.3 is 20.2 Å². The number of hydrogen-bond donors (Lipinski definition) is 3. The Balaban J connectivity index is 0.00000129. The third kappa shape index (κ3) is 8.11. The van der Waals surface area contributed by atoms with Crippen LogP contribution in [0.25, 0.3) is 0 Å². The first kappa shape index (κ1) is 28.4. The van der Waals surface area contributed by atoms with Gasteiger partial charge >= 0.3 is 5.97 Å². The van der Waals surface area contributed by atoms with Gasteiger partial charge in [-0.25, -0.2) is 4.79 Å². The lowest BCUT2D eigenvalue weighted by Crippen LogP contribution is -2.47. The molecule has 190 valence electrons. The quantitative estimate of drug-likeness (QED) is 0.496. The van der Waals surface area contributed by atoms with E-state index in [1.807, 2.05) is 20.8 Å². The molecule has 1 aromatic rings. The van der Waals surface area contributed by atoms with Crippen molar-refractivity contribution in [2.24, 2.45) is 17.3 Å². The first-order valence-corrected chi connectivity index (χ1v) is 13.3. The minimum Gasteiger partial charge on any atom is -0.477 e. The number of carbonyl (C=O) groups is 2. The zero-order valence-corrected chi connectivity index (χ0v) is 22.1. The smallest absolute Gasteiger partial charge is 0.348 e. The summed E-state index contributed by atoms with van der Waals surface area (Å²) in [6.07, 6.45) is 6.10. The highest BCUT2D eigenvalue weighted by Crippen LogP contribution is 2.38. The first-order chi connectivity index (χ1) is 16.0. The number of aliphatic hydroxyl groups excluding tert-OH is 2. The van der Waals surface area contributed by atoms with Crippen LogP contribution in [0.2, 0.25) is 0 Å². The Hall–Kier alpha value is -1.88. The maximum absolute atomic E-state index is 13.7. The van der Waals surface area contributed by atoms with E-state index in [1.165, 1.54) is 0 Å². The number of anilines is 1. The number of aromatic carboxylic acids is 1. The van der Waals surface area contributed by atoms with E-state index < -0.39 is 5.97 Å². The van der Waals surface area contributed by atoms with Crippen molar-refractivity contribution in [2.75, 3.05) is 11.5 Å². The Bertz CT molecular complexity index is 875. The molecule has 2 fully saturated rings. The van der Waals surface area contributed by atoms with E-state index in [-0.39, 0.29) is 40.9 Å². The van der Waals surface area contributed by atoms with Gasteiger partial charge in [-0.05, 0) is 91.0 Å². The van der Waals surface area contributed by atoms with E-state index in [1.54, 1.807) is 17.9 Å². The Morgan fingerprint density at radius 3 is 2.15 bits per heavy atom. The lowest BCUT2D eigenvalue weighted by molar-refractivity contribution is -0.124. The molecule has 3 rings (SSSR count). The fourth-order valence-electron chi connectivity index (χ4n) is 4.54. The lowest BCUT2D eigenvalue weighted by atomic mass is 9.81. The number of thiophene rings is 1. The molecule has 34 heavy (non-hydrogen) atoms. The molecule has 3 N–H and O–H groups in total. The van der Waals surface area contributed by atoms with Gasteiger partial charge in [-0.1, -0.05) is 18.8 Å². The van der Waals surface area contributed by atoms with E-state index in [0.29, 0.717) is 42.2 Å². The molecular formula is C27H41NO5S. The van der Waals surface area contributed by atoms with Crippen LogP contribution in [-0.2, 0) is 4.79 Å². The molecule has 0 aromatic carbocycles. The number of carboxylic acids is 1. The van der Waals surface area contributed by atoms with Crippen molar-refractivity contribution in [3.63, 3.8) is 0 Å². The van der Waals surface area contributed by atoms with Gasteiger partial charge in [0.25, 0.3) is 0 Å². The topological polar surface area (TPSA) is 98.1 Å². The summed E-state index contributed by atoms with van der Waals surface area (Å²) in [5.41, 5.74) is 0.294. The first-order valence-electron chi connectivity index (χ1n) is 12.5. The Morgan fingerprint density at radius 2 is 1.65 bits per heavy atom. The van der Waals surface area contributed by atoms with Crippen LogP contribution in [0.3, 0.4) is 0 Å². The molecule has 0 bridgehead atoms. The van der Waals surface area contributed by atoms with Crippen molar-refractivity contribution in [2.45, 2.75) is 98.1 Å². The molecule has 7 heteroatoms. The normalized spacial score (nSPS) is 24.8. The molecule has 1 heterocycles. The molecule has 2 saturated carbocycles. The standard InChI is InChI=1S/C25H35NO4S.C2H6O/c1-16-5-7-17(8-6-16)23(28)26(18-9-11-19(27)12-10-18)21-15-20(13-14-25(2,3)4)31-22(21)24(29)30;1-2-3/h15-19,27H,5-12H2,1-4H3,(H,29,30);3H,2H2,1H3. The molecule has 1 amide bonds. The molecule has 2 aliphatic carbocycles. The van der Waals surface area contributed by atoms with Crippen LogP contribution >= 0.6 is 11.3 Å². The minimum absolute atomic E-state index is 0.0453. The highest BCUT2D eigenvalue weighted by molar-refractivity contribution is 7.15. The van der Waals surface area contributed by atoms with Gasteiger partial charge in [0.1, 0.15) is 4.88 Å². The SMILES string of the molecule is CC1CCC(C(=O)N(c2cc(C#CC(C)(C)C)sc2C(=O)O)C2CCC(O)CC2)CC1.CCO. The number of aliphatic hydroxyl groups is 2. The zero-order valence-electron chi connectivity index (χ0n) is 21.3. The van der Waals surface area contributed by atoms with Crippen LogP contribution in [0.1, 0.15) is 101 Å². The van der Waals surface area contributed by atoms with Crippen LogP contribution in [0.5, 0.6) is 0 Å². The molecular weight excluding hydrogens is 450 g/mol. The number of carbonyl (C=O) groups excluding carboxylic acids is 1. The summed E-state index contributed by atoms with van der Waals surface area (Å²) in [4.78, 5) is 28.5. The van der Waals surface area contributed by atoms with E-state index in [2.05, 4.69) is 18.8 Å². The molecule has 6 nitrogen and oxygen atoms in total. The van der Waals surface area contributed by atoms with E-state index in [4.69, 9.17) is 5.11 Å². The monoisotopic (exact) mass is 491 g/mol. The Morgan fingerprint density at radius 1 is 1.09 bits per heavy atom. The second-order valence-electron chi connectivity index (χ2n) is 10.6. The fourth-order valence-corrected chi connectivity index (χ4v) is 5.38. The van der Waals surface area contributed by atoms with Crippen molar-refractivity contribution in [1.82, 2.24) is 0 Å². The summed E-state index contributed by atoms with van der Waals surface area (Å²) in [5, 5.41) is 27.5. The summed E-state index contributed by atoms with van der Waals surface area (Å²) in [5.74, 6) is 5.89. The van der Waals surface area contributed by atoms with Crippen LogP contribution < -0.4 is 4.90 Å². The molecule has 0 radical (unpaired) electrons. The van der Waals surface area contributed by atoms with E-state index in [9.17, 15) is 19.8 Å². The highest BCUT2D eigenvalue weighted by Gasteiger charge is 2.37. The fraction of sp³-hybridized carbons (Fsp3) is 0.704. The van der Waals surface area contributed by atoms with Gasteiger partial charge in [-0.3, -0.25) is 4.79 Å². The molecule has 0 atom stereocenters. The second kappa shape index (κ2) is 12.7. The largest absolute Gasteiger partial charge is 0.477 e. The highest BCUT2D eigenvalue weighted by atomic mass is 32.1. The van der Waals surface area contributed by atoms with Crippen molar-refractivity contribution in [3.8, 4) is 11.8 Å². The number of nitrogens with zero attached hydrogens (tertiary/aromatic N) is 1. The van der Waals surface area contributed by atoms with E-state index in [0.717, 1.165) is 37.0 Å². The van der Waals surface area contributed by atoms with Crippen molar-refractivity contribution in [1.29, 1.82) is 0 Å². The average Bonchev–Trinajstić information content (AvgIpc) is 3.19. The van der Waals surface area contributed by atoms with Crippen molar-refractivity contribution < 1.29 is 24.9 Å². The molecule has 1 aromatic heterocycles. The van der Waals surface area contributed by atoms with Gasteiger partial charge in [-0.15, -0.1) is 11.3 Å². The maximum Gasteiger partial charge on any atom is 0.348 e. The third-order valence-corrected chi connectivity index (χ3v) is 7.39. The second-order valence-corrected chi connectivity index (χ2v) is 11.6. The number of hydrogen-bond acceptors (Lipinski definition) is 5. The van der Waals surface area contributed by atoms with E-state index >= 15 is 0 Å². The van der Waals surface area contributed by atoms with Gasteiger partial charge in [0.15, 0.2) is 0 Å². The maximum atomic E-state index is 13.7. The van der Waals surface area contributed by atoms with Crippen LogP contribution in [0.4, 0.5) is 5.69 Å². The summed E-state index contributed by atoms with van der Waals surface area (Å²) in [7, 11) is 0. The summed E-state index contributed by atoms with van der Waals surface area (Å²) in [6, 6.07) is 1.72. The predicted molar refractivity (Wildman–Crippen MR) is 137 cm³/mol. The Kier molecular flexibility index (Phi) is 10.6. The third-order valence-electron chi connectivity index (χ3n) is 6.36. The van der Waals surface area contributed by atoms with Gasteiger partial charge in [0.2, 0.25) is 5.91 Å². The lowest BCUT2D eigenvalue weighted by Gasteiger charge is -2.38. The molecule has 0 spiro atoms. The number of amides is 1. The van der Waals surface area contributed by atoms with Gasteiger partial charge in [0, 0.05) is 24.0 Å². The summed E-state index contributed by atoms with van der Waals surface area (Å²) >= 11 is 1.15. The molecule has 0 unspecified atom stereocenters. The minimum atomic E-state index is -1.02.